The highest BCUT2D eigenvalue weighted by atomic mass is 35.5. The number of aromatic amines is 1. The minimum absolute atomic E-state index is 0.215. The second-order valence-corrected chi connectivity index (χ2v) is 5.09. The monoisotopic (exact) mass is 337 g/mol. The number of halogens is 3. The van der Waals surface area contributed by atoms with Crippen molar-refractivity contribution in [1.29, 1.82) is 0 Å². The van der Waals surface area contributed by atoms with E-state index in [-0.39, 0.29) is 17.1 Å². The van der Waals surface area contributed by atoms with Gasteiger partial charge in [-0.15, -0.1) is 0 Å². The molecule has 0 aliphatic heterocycles. The molecule has 8 heteroatoms. The molecule has 0 saturated carbocycles. The van der Waals surface area contributed by atoms with Gasteiger partial charge in [0.25, 0.3) is 12.0 Å². The third-order valence-corrected chi connectivity index (χ3v) is 3.25. The molecule has 3 aromatic rings. The number of alkyl halides is 2. The van der Waals surface area contributed by atoms with Crippen LogP contribution in [0.4, 0.5) is 8.78 Å². The summed E-state index contributed by atoms with van der Waals surface area (Å²) in [4.78, 5) is 23.1. The molecular weight excluding hydrogens is 328 g/mol. The van der Waals surface area contributed by atoms with Gasteiger partial charge in [0.05, 0.1) is 10.9 Å². The SMILES string of the molecule is O=c1[nH]c(-c2cc(OCC(F)F)ccn2)nc2ccc(Cl)cc12. The highest BCUT2D eigenvalue weighted by Crippen LogP contribution is 2.21. The third-order valence-electron chi connectivity index (χ3n) is 3.02. The number of hydrogen-bond acceptors (Lipinski definition) is 4. The number of hydrogen-bond donors (Lipinski definition) is 1. The van der Waals surface area contributed by atoms with Crippen LogP contribution >= 0.6 is 11.6 Å². The zero-order valence-electron chi connectivity index (χ0n) is 11.6. The van der Waals surface area contributed by atoms with E-state index in [9.17, 15) is 13.6 Å². The van der Waals surface area contributed by atoms with Crippen molar-refractivity contribution in [2.75, 3.05) is 6.61 Å². The summed E-state index contributed by atoms with van der Waals surface area (Å²) in [6.45, 7) is -0.719. The van der Waals surface area contributed by atoms with Gasteiger partial charge in [-0.25, -0.2) is 13.8 Å². The summed E-state index contributed by atoms with van der Waals surface area (Å²) in [5.41, 5.74) is 0.396. The van der Waals surface area contributed by atoms with Crippen molar-refractivity contribution in [2.24, 2.45) is 0 Å². The molecule has 23 heavy (non-hydrogen) atoms. The van der Waals surface area contributed by atoms with E-state index < -0.39 is 13.0 Å². The second kappa shape index (κ2) is 6.29. The van der Waals surface area contributed by atoms with Gasteiger partial charge in [0, 0.05) is 17.3 Å². The Morgan fingerprint density at radius 3 is 2.87 bits per heavy atom. The smallest absolute Gasteiger partial charge is 0.272 e. The summed E-state index contributed by atoms with van der Waals surface area (Å²) in [5.74, 6) is 0.432. The molecule has 0 fully saturated rings. The van der Waals surface area contributed by atoms with E-state index in [1.807, 2.05) is 0 Å². The number of pyridine rings is 1. The van der Waals surface area contributed by atoms with Crippen LogP contribution in [-0.4, -0.2) is 28.0 Å². The fourth-order valence-corrected chi connectivity index (χ4v) is 2.19. The lowest BCUT2D eigenvalue weighted by molar-refractivity contribution is 0.0819. The molecule has 5 nitrogen and oxygen atoms in total. The number of ether oxygens (including phenoxy) is 1. The van der Waals surface area contributed by atoms with E-state index in [0.29, 0.717) is 21.6 Å². The van der Waals surface area contributed by atoms with Crippen molar-refractivity contribution >= 4 is 22.5 Å². The maximum absolute atomic E-state index is 12.2. The second-order valence-electron chi connectivity index (χ2n) is 4.65. The number of aromatic nitrogens is 3. The van der Waals surface area contributed by atoms with Gasteiger partial charge >= 0.3 is 0 Å². The standard InChI is InChI=1S/C15H10ClF2N3O2/c16-8-1-2-11-10(5-8)15(22)21-14(20-11)12-6-9(3-4-19-12)23-7-13(17)18/h1-6,13H,7H2,(H,20,21,22). The van der Waals surface area contributed by atoms with Gasteiger partial charge in [-0.05, 0) is 24.3 Å². The minimum atomic E-state index is -2.57. The van der Waals surface area contributed by atoms with Gasteiger partial charge in [-0.3, -0.25) is 9.78 Å². The quantitative estimate of drug-likeness (QED) is 0.793. The van der Waals surface area contributed by atoms with Crippen molar-refractivity contribution in [1.82, 2.24) is 15.0 Å². The summed E-state index contributed by atoms with van der Waals surface area (Å²) >= 11 is 5.86. The van der Waals surface area contributed by atoms with Crippen LogP contribution in [-0.2, 0) is 0 Å². The Labute approximate surface area is 133 Å². The highest BCUT2D eigenvalue weighted by molar-refractivity contribution is 6.31. The first-order chi connectivity index (χ1) is 11.0. The lowest BCUT2D eigenvalue weighted by Gasteiger charge is -2.07. The van der Waals surface area contributed by atoms with Gasteiger partial charge in [0.1, 0.15) is 18.1 Å². The first kappa shape index (κ1) is 15.4. The Morgan fingerprint density at radius 1 is 1.26 bits per heavy atom. The van der Waals surface area contributed by atoms with E-state index in [1.54, 1.807) is 12.1 Å². The Morgan fingerprint density at radius 2 is 2.09 bits per heavy atom. The molecule has 2 heterocycles. The van der Waals surface area contributed by atoms with Gasteiger partial charge in [0.2, 0.25) is 0 Å². The van der Waals surface area contributed by atoms with Crippen LogP contribution in [0.25, 0.3) is 22.4 Å². The molecule has 0 radical (unpaired) electrons. The maximum Gasteiger partial charge on any atom is 0.272 e. The van der Waals surface area contributed by atoms with Gasteiger partial charge in [0.15, 0.2) is 5.82 Å². The molecule has 0 atom stereocenters. The number of rotatable bonds is 4. The average molecular weight is 338 g/mol. The number of H-pyrrole nitrogens is 1. The molecule has 2 aromatic heterocycles. The van der Waals surface area contributed by atoms with Gasteiger partial charge < -0.3 is 9.72 Å². The third kappa shape index (κ3) is 3.45. The van der Waals surface area contributed by atoms with E-state index >= 15 is 0 Å². The van der Waals surface area contributed by atoms with Crippen molar-refractivity contribution in [3.05, 3.63) is 51.9 Å². The molecule has 0 unspecified atom stereocenters. The van der Waals surface area contributed by atoms with Crippen LogP contribution < -0.4 is 10.3 Å². The maximum atomic E-state index is 12.2. The largest absolute Gasteiger partial charge is 0.488 e. The van der Waals surface area contributed by atoms with Crippen LogP contribution in [0.1, 0.15) is 0 Å². The van der Waals surface area contributed by atoms with Crippen molar-refractivity contribution < 1.29 is 13.5 Å². The van der Waals surface area contributed by atoms with E-state index in [0.717, 1.165) is 0 Å². The molecular formula is C15H10ClF2N3O2. The molecule has 3 rings (SSSR count). The fraction of sp³-hybridized carbons (Fsp3) is 0.133. The van der Waals surface area contributed by atoms with Gasteiger partial charge in [-0.1, -0.05) is 11.6 Å². The zero-order chi connectivity index (χ0) is 16.4. The molecule has 1 N–H and O–H groups in total. The van der Waals surface area contributed by atoms with Crippen molar-refractivity contribution in [3.63, 3.8) is 0 Å². The fourth-order valence-electron chi connectivity index (χ4n) is 2.02. The predicted molar refractivity (Wildman–Crippen MR) is 82.1 cm³/mol. The summed E-state index contributed by atoms with van der Waals surface area (Å²) in [6, 6.07) is 7.64. The molecule has 118 valence electrons. The first-order valence-corrected chi connectivity index (χ1v) is 6.97. The predicted octanol–water partition coefficient (Wildman–Crippen LogP) is 3.28. The van der Waals surface area contributed by atoms with Crippen LogP contribution in [0, 0.1) is 0 Å². The van der Waals surface area contributed by atoms with E-state index in [2.05, 4.69) is 15.0 Å². The molecule has 0 aliphatic rings. The van der Waals surface area contributed by atoms with Gasteiger partial charge in [-0.2, -0.15) is 0 Å². The van der Waals surface area contributed by atoms with Crippen LogP contribution in [0.15, 0.2) is 41.3 Å². The number of nitrogens with zero attached hydrogens (tertiary/aromatic N) is 2. The molecule has 0 aliphatic carbocycles. The van der Waals surface area contributed by atoms with Crippen LogP contribution in [0.5, 0.6) is 5.75 Å². The topological polar surface area (TPSA) is 67.9 Å². The lowest BCUT2D eigenvalue weighted by Crippen LogP contribution is -2.10. The summed E-state index contributed by atoms with van der Waals surface area (Å²) in [5, 5.41) is 0.782. The minimum Gasteiger partial charge on any atom is -0.488 e. The highest BCUT2D eigenvalue weighted by Gasteiger charge is 2.10. The Balaban J connectivity index is 2.01. The number of benzene rings is 1. The van der Waals surface area contributed by atoms with Crippen molar-refractivity contribution in [3.8, 4) is 17.3 Å². The van der Waals surface area contributed by atoms with Crippen molar-refractivity contribution in [2.45, 2.75) is 6.43 Å². The number of fused-ring (bicyclic) bond motifs is 1. The molecule has 0 amide bonds. The Hall–Kier alpha value is -2.54. The zero-order valence-corrected chi connectivity index (χ0v) is 12.3. The lowest BCUT2D eigenvalue weighted by atomic mass is 10.2. The normalized spacial score (nSPS) is 11.1. The van der Waals surface area contributed by atoms with E-state index in [4.69, 9.17) is 16.3 Å². The van der Waals surface area contributed by atoms with Crippen LogP contribution in [0.2, 0.25) is 5.02 Å². The average Bonchev–Trinajstić information content (AvgIpc) is 2.54. The first-order valence-electron chi connectivity index (χ1n) is 6.60. The summed E-state index contributed by atoms with van der Waals surface area (Å²) < 4.78 is 29.3. The Kier molecular flexibility index (Phi) is 4.20. The molecule has 0 bridgehead atoms. The summed E-state index contributed by atoms with van der Waals surface area (Å²) in [7, 11) is 0. The van der Waals surface area contributed by atoms with Crippen LogP contribution in [0.3, 0.4) is 0 Å². The summed E-state index contributed by atoms with van der Waals surface area (Å²) in [6.07, 6.45) is -1.18. The Bertz CT molecular complexity index is 915. The molecule has 0 spiro atoms. The number of nitrogens with one attached hydrogen (secondary N) is 1. The molecule has 1 aromatic carbocycles. The van der Waals surface area contributed by atoms with E-state index in [1.165, 1.54) is 24.4 Å². The molecule has 0 saturated heterocycles.